The summed E-state index contributed by atoms with van der Waals surface area (Å²) in [5.41, 5.74) is 0. The summed E-state index contributed by atoms with van der Waals surface area (Å²) in [5, 5.41) is 3.09. The van der Waals surface area contributed by atoms with Gasteiger partial charge < -0.3 is 15.0 Å². The molecule has 1 amide bonds. The Morgan fingerprint density at radius 1 is 1.27 bits per heavy atom. The van der Waals surface area contributed by atoms with Gasteiger partial charge in [-0.3, -0.25) is 9.69 Å². The molecule has 2 fully saturated rings. The van der Waals surface area contributed by atoms with Crippen LogP contribution in [0.15, 0.2) is 0 Å². The highest BCUT2D eigenvalue weighted by atomic mass is 35.5. The van der Waals surface area contributed by atoms with E-state index in [0.29, 0.717) is 11.8 Å². The van der Waals surface area contributed by atoms with Crippen molar-refractivity contribution < 1.29 is 9.53 Å². The van der Waals surface area contributed by atoms with Crippen LogP contribution in [0, 0.1) is 11.8 Å². The highest BCUT2D eigenvalue weighted by molar-refractivity contribution is 5.85. The van der Waals surface area contributed by atoms with Crippen molar-refractivity contribution in [3.05, 3.63) is 0 Å². The van der Waals surface area contributed by atoms with E-state index in [4.69, 9.17) is 4.74 Å². The first-order valence-corrected chi connectivity index (χ1v) is 7.94. The van der Waals surface area contributed by atoms with Crippen LogP contribution in [0.25, 0.3) is 0 Å². The molecule has 132 valence electrons. The molecule has 0 aromatic heterocycles. The first-order chi connectivity index (χ1) is 9.70. The van der Waals surface area contributed by atoms with E-state index in [-0.39, 0.29) is 30.7 Å². The fourth-order valence-corrected chi connectivity index (χ4v) is 3.27. The second-order valence-corrected chi connectivity index (χ2v) is 6.16. The second-order valence-electron chi connectivity index (χ2n) is 6.16. The van der Waals surface area contributed by atoms with Crippen molar-refractivity contribution in [2.75, 3.05) is 59.5 Å². The van der Waals surface area contributed by atoms with Crippen LogP contribution in [0.3, 0.4) is 0 Å². The van der Waals surface area contributed by atoms with E-state index in [1.165, 1.54) is 6.42 Å². The number of carbonyl (C=O) groups excluding carboxylic acids is 1. The SMILES string of the molecule is CNCC(C)C(=O)N1CCCC(CN2CCOCC2)C1.Cl.Cl. The van der Waals surface area contributed by atoms with Crippen molar-refractivity contribution in [1.29, 1.82) is 0 Å². The van der Waals surface area contributed by atoms with E-state index in [9.17, 15) is 4.79 Å². The van der Waals surface area contributed by atoms with Crippen LogP contribution in [0.5, 0.6) is 0 Å². The maximum Gasteiger partial charge on any atom is 0.226 e. The lowest BCUT2D eigenvalue weighted by Crippen LogP contribution is -2.48. The Morgan fingerprint density at radius 2 is 1.95 bits per heavy atom. The molecule has 2 rings (SSSR count). The fraction of sp³-hybridized carbons (Fsp3) is 0.933. The zero-order valence-electron chi connectivity index (χ0n) is 13.8. The van der Waals surface area contributed by atoms with E-state index < -0.39 is 0 Å². The van der Waals surface area contributed by atoms with E-state index >= 15 is 0 Å². The van der Waals surface area contributed by atoms with Gasteiger partial charge in [-0.2, -0.15) is 0 Å². The number of piperidine rings is 1. The lowest BCUT2D eigenvalue weighted by molar-refractivity contribution is -0.136. The lowest BCUT2D eigenvalue weighted by Gasteiger charge is -2.37. The van der Waals surface area contributed by atoms with Crippen molar-refractivity contribution in [2.24, 2.45) is 11.8 Å². The standard InChI is InChI=1S/C15H29N3O2.2ClH/c1-13(10-16-2)15(19)18-5-3-4-14(12-18)11-17-6-8-20-9-7-17;;/h13-14,16H,3-12H2,1-2H3;2*1H. The number of ether oxygens (including phenoxy) is 1. The molecule has 0 aliphatic carbocycles. The van der Waals surface area contributed by atoms with Crippen LogP contribution in [-0.4, -0.2) is 75.2 Å². The molecule has 2 aliphatic heterocycles. The van der Waals surface area contributed by atoms with Gasteiger partial charge in [0.2, 0.25) is 5.91 Å². The molecule has 2 unspecified atom stereocenters. The molecule has 5 nitrogen and oxygen atoms in total. The number of nitrogens with zero attached hydrogens (tertiary/aromatic N) is 2. The van der Waals surface area contributed by atoms with Gasteiger partial charge in [0.1, 0.15) is 0 Å². The van der Waals surface area contributed by atoms with Gasteiger partial charge in [0, 0.05) is 45.2 Å². The van der Waals surface area contributed by atoms with E-state index in [1.807, 2.05) is 14.0 Å². The maximum atomic E-state index is 12.4. The molecule has 0 radical (unpaired) electrons. The van der Waals surface area contributed by atoms with Crippen LogP contribution < -0.4 is 5.32 Å². The summed E-state index contributed by atoms with van der Waals surface area (Å²) in [7, 11) is 1.90. The minimum absolute atomic E-state index is 0. The minimum atomic E-state index is 0. The first-order valence-electron chi connectivity index (χ1n) is 7.94. The molecule has 0 saturated carbocycles. The van der Waals surface area contributed by atoms with Gasteiger partial charge in [0.05, 0.1) is 13.2 Å². The number of rotatable bonds is 5. The number of morpholine rings is 1. The molecule has 1 N–H and O–H groups in total. The fourth-order valence-electron chi connectivity index (χ4n) is 3.27. The maximum absolute atomic E-state index is 12.4. The van der Waals surface area contributed by atoms with Crippen molar-refractivity contribution in [2.45, 2.75) is 19.8 Å². The Labute approximate surface area is 146 Å². The zero-order chi connectivity index (χ0) is 14.4. The molecule has 7 heteroatoms. The third kappa shape index (κ3) is 6.59. The van der Waals surface area contributed by atoms with Gasteiger partial charge >= 0.3 is 0 Å². The lowest BCUT2D eigenvalue weighted by atomic mass is 9.96. The molecule has 2 heterocycles. The third-order valence-electron chi connectivity index (χ3n) is 4.38. The molecule has 0 aromatic carbocycles. The monoisotopic (exact) mass is 355 g/mol. The van der Waals surface area contributed by atoms with Gasteiger partial charge in [0.25, 0.3) is 0 Å². The molecular weight excluding hydrogens is 325 g/mol. The average molecular weight is 356 g/mol. The van der Waals surface area contributed by atoms with Gasteiger partial charge in [-0.25, -0.2) is 0 Å². The Hall–Kier alpha value is -0.0700. The Bertz CT molecular complexity index is 315. The summed E-state index contributed by atoms with van der Waals surface area (Å²) < 4.78 is 5.39. The summed E-state index contributed by atoms with van der Waals surface area (Å²) in [6, 6.07) is 0. The largest absolute Gasteiger partial charge is 0.379 e. The summed E-state index contributed by atoms with van der Waals surface area (Å²) in [5.74, 6) is 1.03. The quantitative estimate of drug-likeness (QED) is 0.806. The highest BCUT2D eigenvalue weighted by Gasteiger charge is 2.27. The minimum Gasteiger partial charge on any atom is -0.379 e. The molecule has 2 aliphatic rings. The summed E-state index contributed by atoms with van der Waals surface area (Å²) in [6.45, 7) is 9.57. The summed E-state index contributed by atoms with van der Waals surface area (Å²) >= 11 is 0. The van der Waals surface area contributed by atoms with E-state index in [1.54, 1.807) is 0 Å². The summed E-state index contributed by atoms with van der Waals surface area (Å²) in [4.78, 5) is 16.9. The third-order valence-corrected chi connectivity index (χ3v) is 4.38. The molecule has 2 saturated heterocycles. The van der Waals surface area contributed by atoms with Crippen molar-refractivity contribution in [3.63, 3.8) is 0 Å². The molecule has 22 heavy (non-hydrogen) atoms. The van der Waals surface area contributed by atoms with Crippen LogP contribution in [0.4, 0.5) is 0 Å². The predicted octanol–water partition coefficient (Wildman–Crippen LogP) is 1.26. The Kier molecular flexibility index (Phi) is 11.4. The topological polar surface area (TPSA) is 44.8 Å². The highest BCUT2D eigenvalue weighted by Crippen LogP contribution is 2.19. The molecule has 2 atom stereocenters. The summed E-state index contributed by atoms with van der Waals surface area (Å²) in [6.07, 6.45) is 2.40. The smallest absolute Gasteiger partial charge is 0.226 e. The Balaban J connectivity index is 0.00000220. The van der Waals surface area contributed by atoms with Gasteiger partial charge in [-0.05, 0) is 25.8 Å². The van der Waals surface area contributed by atoms with Gasteiger partial charge in [0.15, 0.2) is 0 Å². The van der Waals surface area contributed by atoms with Crippen LogP contribution in [0.1, 0.15) is 19.8 Å². The van der Waals surface area contributed by atoms with Crippen LogP contribution in [-0.2, 0) is 9.53 Å². The molecule has 0 spiro atoms. The zero-order valence-corrected chi connectivity index (χ0v) is 15.4. The number of hydrogen-bond acceptors (Lipinski definition) is 4. The van der Waals surface area contributed by atoms with Gasteiger partial charge in [-0.1, -0.05) is 6.92 Å². The number of amides is 1. The predicted molar refractivity (Wildman–Crippen MR) is 94.1 cm³/mol. The number of carbonyl (C=O) groups is 1. The number of likely N-dealkylation sites (tertiary alicyclic amines) is 1. The van der Waals surface area contributed by atoms with Crippen molar-refractivity contribution in [1.82, 2.24) is 15.1 Å². The molecule has 0 bridgehead atoms. The van der Waals surface area contributed by atoms with Crippen LogP contribution >= 0.6 is 24.8 Å². The first kappa shape index (κ1) is 21.9. The number of hydrogen-bond donors (Lipinski definition) is 1. The number of nitrogens with one attached hydrogen (secondary N) is 1. The van der Waals surface area contributed by atoms with E-state index in [0.717, 1.165) is 58.9 Å². The van der Waals surface area contributed by atoms with Crippen molar-refractivity contribution >= 4 is 30.7 Å². The molecule has 0 aromatic rings. The van der Waals surface area contributed by atoms with Crippen molar-refractivity contribution in [3.8, 4) is 0 Å². The normalized spacial score (nSPS) is 24.1. The van der Waals surface area contributed by atoms with Gasteiger partial charge in [-0.15, -0.1) is 24.8 Å². The number of halogens is 2. The van der Waals surface area contributed by atoms with Crippen LogP contribution in [0.2, 0.25) is 0 Å². The Morgan fingerprint density at radius 3 is 2.59 bits per heavy atom. The molecular formula is C15H31Cl2N3O2. The van der Waals surface area contributed by atoms with E-state index in [2.05, 4.69) is 15.1 Å². The average Bonchev–Trinajstić information content (AvgIpc) is 2.48. The second kappa shape index (κ2) is 11.5.